The second kappa shape index (κ2) is 55.2. The molecule has 0 N–H and O–H groups in total. The van der Waals surface area contributed by atoms with Gasteiger partial charge in [0.2, 0.25) is 12.2 Å². The zero-order valence-corrected chi connectivity index (χ0v) is 78.9. The van der Waals surface area contributed by atoms with Crippen LogP contribution in [-0.2, 0) is 201 Å². The number of hydrogen-bond acceptors (Lipinski definition) is 27. The molecule has 1 saturated carbocycles. The molecule has 6 aromatic rings. The van der Waals surface area contributed by atoms with Gasteiger partial charge < -0.3 is 56.3 Å². The molecule has 0 amide bonds. The van der Waals surface area contributed by atoms with Crippen LogP contribution in [0.25, 0.3) is 0 Å². The number of benzene rings is 6. The van der Waals surface area contributed by atoms with Gasteiger partial charge in [-0.3, -0.25) is 14.4 Å². The summed E-state index contributed by atoms with van der Waals surface area (Å²) in [6.07, 6.45) is -21.1. The highest BCUT2D eigenvalue weighted by Gasteiger charge is 2.52. The van der Waals surface area contributed by atoms with Gasteiger partial charge in [0, 0.05) is 6.42 Å². The van der Waals surface area contributed by atoms with E-state index in [4.69, 9.17) is 174 Å². The second-order valence-corrected chi connectivity index (χ2v) is 36.3. The van der Waals surface area contributed by atoms with Gasteiger partial charge in [0.25, 0.3) is 0 Å². The third-order valence-electron chi connectivity index (χ3n) is 22.6. The molecule has 6 aromatic carbocycles. The molecule has 0 aromatic heterocycles. The van der Waals surface area contributed by atoms with E-state index < -0.39 is 194 Å². The summed E-state index contributed by atoms with van der Waals surface area (Å²) in [4.78, 5) is 120. The standard InChI is InChI=1S/C29H29B6F3O9S.C29H30B6O9S.C28H27B6F3O9S/c1-2-28(27(41)47-22(29(36,37)38)13-48(42,43)44,14-45-25(39)23-18(9-32)5-3-16(7-30)20(23)11-34)15-46-26(40)24-19(10-33)6-4-17(8-31)21(24)12-35;30-10-16-3-19(12-32)25(14-34)23(5-16)28(37)43-21-7-18(27(36)42-1-2-45(39,40)41)8-22(9-21)44-29(38)24-6-17(11-31)4-20(13-33)26(24)15-35;1-27(26(40)46-21(28(35,36)37)12-47(41,42)43,13-44-24(38)22-17(8-31)4-2-15(6-29)19(22)10-33)14-45-25(39)23-18(9-32)5-3-16(7-30)20(23)11-34/h3-6,22H,2,7-15H2,1H3,(H,42,43,44);3-6,18,21-22H,1-2,7-15H2,(H,39,40,41);2-5,21H,6-14H2,1H3,(H,41,42,43)/p-3. The summed E-state index contributed by atoms with van der Waals surface area (Å²) in [6.45, 7) is -2.65. The Kier molecular flexibility index (Phi) is 47.9. The molecule has 27 nitrogen and oxygen atoms in total. The van der Waals surface area contributed by atoms with Crippen LogP contribution < -0.4 is 0 Å². The summed E-state index contributed by atoms with van der Waals surface area (Å²) < 4.78 is 229. The number of alkyl halides is 6. The van der Waals surface area contributed by atoms with Crippen LogP contribution in [0.3, 0.4) is 0 Å². The first kappa shape index (κ1) is 122. The van der Waals surface area contributed by atoms with Crippen molar-refractivity contribution in [1.29, 1.82) is 0 Å². The average Bonchev–Trinajstić information content (AvgIpc) is 0.795. The first-order valence-electron chi connectivity index (χ1n) is 42.8. The Balaban J connectivity index is 0.000000370. The van der Waals surface area contributed by atoms with Crippen LogP contribution in [-0.4, -0.2) is 321 Å². The van der Waals surface area contributed by atoms with Crippen molar-refractivity contribution in [3.8, 4) is 0 Å². The number of carbonyl (C=O) groups excluding carboxylic acids is 9. The maximum absolute atomic E-state index is 13.7. The smallest absolute Gasteiger partial charge is 0.426 e. The SMILES string of the molecule is [B]Cc1cc(C[B])c(C[B])c(C(=O)OC2CC(OC(=O)c3cc(C[B])cc(C[B])c3C[B])CC(C(=O)OCCS(=O)(=O)[O-])C2)c1.[B]Cc1ccc(C[B])c(C(=O)OCC(C)(COC(=O)c2c(C[B])ccc(C[B])c2C[B])C(=O)OC(CS(=O)(=O)[O-])C(F)(F)F)c1C[B].[B]Cc1ccc(C[B])c(C(=O)OCC(CC)(COC(=O)c2c(C[B])ccc(C[B])c2C[B])C(=O)OC(CS(=O)(=O)[O-])C(F)(F)F)c1C[B]. The largest absolute Gasteiger partial charge is 0.748 e. The quantitative estimate of drug-likeness (QED) is 0.0174. The fraction of sp³-hybridized carbons (Fsp3) is 0.477. The Bertz CT molecular complexity index is 5510. The Morgan fingerprint density at radius 2 is 0.629 bits per heavy atom. The predicted octanol–water partition coefficient (Wildman–Crippen LogP) is 2.20. The molecule has 0 aliphatic heterocycles. The fourth-order valence-corrected chi connectivity index (χ4v) is 16.4. The molecule has 54 heteroatoms. The number of halogens is 6. The van der Waals surface area contributed by atoms with Crippen LogP contribution in [0.5, 0.6) is 0 Å². The van der Waals surface area contributed by atoms with Gasteiger partial charge in [-0.2, -0.15) is 26.3 Å². The second-order valence-electron chi connectivity index (χ2n) is 31.9. The van der Waals surface area contributed by atoms with Gasteiger partial charge in [-0.05, 0) is 94.0 Å². The predicted molar refractivity (Wildman–Crippen MR) is 513 cm³/mol. The highest BCUT2D eigenvalue weighted by molar-refractivity contribution is 7.86. The van der Waals surface area contributed by atoms with Crippen LogP contribution in [0, 0.1) is 16.7 Å². The third kappa shape index (κ3) is 33.6. The average molecular weight is 1950 g/mol. The van der Waals surface area contributed by atoms with Crippen LogP contribution >= 0.6 is 0 Å². The summed E-state index contributed by atoms with van der Waals surface area (Å²) in [5, 5.41) is 0. The summed E-state index contributed by atoms with van der Waals surface area (Å²) in [6, 6.07) is 19.0. The fourth-order valence-electron chi connectivity index (χ4n) is 14.9. The lowest BCUT2D eigenvalue weighted by molar-refractivity contribution is -0.223. The van der Waals surface area contributed by atoms with Crippen molar-refractivity contribution >= 4 is 225 Å². The summed E-state index contributed by atoms with van der Waals surface area (Å²) in [5.74, 6) is -16.5. The van der Waals surface area contributed by atoms with Gasteiger partial charge >= 0.3 is 66.1 Å². The zero-order chi connectivity index (χ0) is 106. The van der Waals surface area contributed by atoms with Gasteiger partial charge in [-0.1, -0.05) is 226 Å². The van der Waals surface area contributed by atoms with Crippen molar-refractivity contribution in [2.75, 3.05) is 50.3 Å². The van der Waals surface area contributed by atoms with Crippen molar-refractivity contribution < 1.29 is 151 Å². The zero-order valence-electron chi connectivity index (χ0n) is 76.4. The van der Waals surface area contributed by atoms with Crippen LogP contribution in [0.2, 0.25) is 0 Å². The highest BCUT2D eigenvalue weighted by atomic mass is 32.2. The van der Waals surface area contributed by atoms with Crippen molar-refractivity contribution in [3.63, 3.8) is 0 Å². The number of esters is 9. The Morgan fingerprint density at radius 1 is 0.350 bits per heavy atom. The van der Waals surface area contributed by atoms with Crippen molar-refractivity contribution in [2.45, 2.75) is 190 Å². The minimum Gasteiger partial charge on any atom is -0.748 e. The van der Waals surface area contributed by atoms with Gasteiger partial charge in [0.1, 0.15) is 56.1 Å². The molecule has 140 heavy (non-hydrogen) atoms. The molecule has 706 valence electrons. The van der Waals surface area contributed by atoms with Gasteiger partial charge in [0.15, 0.2) is 0 Å². The lowest BCUT2D eigenvalue weighted by atomic mass is 9.80. The maximum atomic E-state index is 13.7. The summed E-state index contributed by atoms with van der Waals surface area (Å²) in [5.41, 5.74) is 2.67. The molecule has 7 rings (SSSR count). The molecular weight excluding hydrogens is 1870 g/mol. The van der Waals surface area contributed by atoms with Crippen molar-refractivity contribution in [3.05, 3.63) is 206 Å². The molecule has 1 aliphatic rings. The number of ether oxygens (including phenoxy) is 9. The van der Waals surface area contributed by atoms with E-state index in [-0.39, 0.29) is 211 Å². The minimum absolute atomic E-state index is 0.000421. The molecule has 4 unspecified atom stereocenters. The molecule has 1 fully saturated rings. The van der Waals surface area contributed by atoms with Crippen LogP contribution in [0.15, 0.2) is 72.8 Å². The normalized spacial score (nSPS) is 14.5. The molecule has 0 saturated heterocycles. The molecule has 1 aliphatic carbocycles. The first-order valence-corrected chi connectivity index (χ1v) is 47.6. The molecule has 36 radical (unpaired) electrons. The Morgan fingerprint density at radius 3 is 0.879 bits per heavy atom. The molecule has 0 spiro atoms. The van der Waals surface area contributed by atoms with Crippen LogP contribution in [0.4, 0.5) is 26.3 Å². The molecule has 0 heterocycles. The third-order valence-corrected chi connectivity index (χ3v) is 24.7. The number of rotatable bonds is 47. The Labute approximate surface area is 834 Å². The number of carbonyl (C=O) groups is 9. The van der Waals surface area contributed by atoms with E-state index in [1.807, 2.05) is 0 Å². The van der Waals surface area contributed by atoms with Crippen molar-refractivity contribution in [2.24, 2.45) is 16.7 Å². The topological polar surface area (TPSA) is 408 Å². The van der Waals surface area contributed by atoms with Gasteiger partial charge in [0.05, 0.1) is 228 Å². The maximum Gasteiger partial charge on any atom is 0.426 e. The minimum atomic E-state index is -5.56. The van der Waals surface area contributed by atoms with E-state index in [0.717, 1.165) is 6.92 Å². The van der Waals surface area contributed by atoms with E-state index in [0.29, 0.717) is 55.6 Å². The summed E-state index contributed by atoms with van der Waals surface area (Å²) in [7, 11) is 88.9. The monoisotopic (exact) mass is 1960 g/mol. The van der Waals surface area contributed by atoms with E-state index in [9.17, 15) is 108 Å². The molecule has 0 bridgehead atoms. The number of hydrogen-bond donors (Lipinski definition) is 0. The van der Waals surface area contributed by atoms with E-state index in [1.54, 1.807) is 48.5 Å². The van der Waals surface area contributed by atoms with E-state index >= 15 is 0 Å². The van der Waals surface area contributed by atoms with Crippen molar-refractivity contribution in [1.82, 2.24) is 0 Å². The van der Waals surface area contributed by atoms with E-state index in [1.165, 1.54) is 31.2 Å². The lowest BCUT2D eigenvalue weighted by Crippen LogP contribution is -2.48. The summed E-state index contributed by atoms with van der Waals surface area (Å²) >= 11 is 0. The molecule has 4 atom stereocenters. The Hall–Kier alpha value is -8.97. The highest BCUT2D eigenvalue weighted by Crippen LogP contribution is 2.38. The van der Waals surface area contributed by atoms with Gasteiger partial charge in [-0.25, -0.2) is 54.0 Å². The molecular formula is C86H83B18F6O27S3-3. The first-order chi connectivity index (χ1) is 65.7. The van der Waals surface area contributed by atoms with Crippen LogP contribution in [0.1, 0.15) is 202 Å². The lowest BCUT2D eigenvalue weighted by Gasteiger charge is -2.33. The van der Waals surface area contributed by atoms with Gasteiger partial charge in [-0.15, -0.1) is 0 Å². The van der Waals surface area contributed by atoms with E-state index in [2.05, 4.69) is 9.47 Å².